The minimum absolute atomic E-state index is 0.133. The van der Waals surface area contributed by atoms with Crippen LogP contribution < -0.4 is 5.32 Å². The van der Waals surface area contributed by atoms with E-state index in [1.807, 2.05) is 6.92 Å². The Bertz CT molecular complexity index is 659. The lowest BCUT2D eigenvalue weighted by Gasteiger charge is -2.45. The third kappa shape index (κ3) is 12.6. The molecule has 1 unspecified atom stereocenters. The van der Waals surface area contributed by atoms with Gasteiger partial charge in [0.05, 0.1) is 6.42 Å². The Kier molecular flexibility index (Phi) is 9.46. The average molecular weight is 472 g/mol. The molecule has 1 aliphatic rings. The van der Waals surface area contributed by atoms with E-state index in [2.05, 4.69) is 53.8 Å². The van der Waals surface area contributed by atoms with Gasteiger partial charge in [-0.25, -0.2) is 9.59 Å². The Balaban J connectivity index is 2.54. The highest BCUT2D eigenvalue weighted by molar-refractivity contribution is 5.68. The highest BCUT2D eigenvalue weighted by atomic mass is 17.2. The van der Waals surface area contributed by atoms with Crippen LogP contribution in [0.1, 0.15) is 115 Å². The second-order valence-electron chi connectivity index (χ2n) is 13.7. The maximum absolute atomic E-state index is 12.5. The molecule has 0 bridgehead atoms. The maximum Gasteiger partial charge on any atom is 0.509 e. The fourth-order valence-electron chi connectivity index (χ4n) is 5.38. The fourth-order valence-corrected chi connectivity index (χ4v) is 5.38. The van der Waals surface area contributed by atoms with Crippen LogP contribution in [0.3, 0.4) is 0 Å². The molecule has 1 heterocycles. The van der Waals surface area contributed by atoms with Crippen LogP contribution >= 0.6 is 0 Å². The number of nitrogens with one attached hydrogen (secondary N) is 1. The van der Waals surface area contributed by atoms with Crippen molar-refractivity contribution in [2.45, 2.75) is 144 Å². The third-order valence-electron chi connectivity index (χ3n) is 5.46. The van der Waals surface area contributed by atoms with Crippen molar-refractivity contribution >= 4 is 12.1 Å². The van der Waals surface area contributed by atoms with Crippen molar-refractivity contribution in [3.05, 3.63) is 0 Å². The van der Waals surface area contributed by atoms with Crippen molar-refractivity contribution < 1.29 is 28.8 Å². The number of rotatable bonds is 9. The monoisotopic (exact) mass is 471 g/mol. The number of carbonyl (C=O) groups excluding carboxylic acids is 2. The van der Waals surface area contributed by atoms with Crippen LogP contribution in [0.5, 0.6) is 0 Å². The Morgan fingerprint density at radius 2 is 1.45 bits per heavy atom. The molecule has 1 N–H and O–H groups in total. The van der Waals surface area contributed by atoms with E-state index < -0.39 is 23.3 Å². The first-order valence-electron chi connectivity index (χ1n) is 12.2. The lowest BCUT2D eigenvalue weighted by molar-refractivity contribution is -0.332. The van der Waals surface area contributed by atoms with E-state index in [4.69, 9.17) is 19.2 Å². The normalized spacial score (nSPS) is 20.1. The van der Waals surface area contributed by atoms with Crippen LogP contribution in [0.15, 0.2) is 0 Å². The molecule has 0 spiro atoms. The molecular weight excluding hydrogens is 422 g/mol. The summed E-state index contributed by atoms with van der Waals surface area (Å²) in [4.78, 5) is 35.3. The van der Waals surface area contributed by atoms with Crippen molar-refractivity contribution in [1.82, 2.24) is 5.32 Å². The number of hydrogen-bond acceptors (Lipinski definition) is 7. The van der Waals surface area contributed by atoms with Gasteiger partial charge >= 0.3 is 12.1 Å². The molecule has 194 valence electrons. The lowest BCUT2D eigenvalue weighted by Crippen LogP contribution is -2.59. The summed E-state index contributed by atoms with van der Waals surface area (Å²) < 4.78 is 11.3. The summed E-state index contributed by atoms with van der Waals surface area (Å²) in [6.07, 6.45) is 2.04. The lowest BCUT2D eigenvalue weighted by atomic mass is 9.81. The average Bonchev–Trinajstić information content (AvgIpc) is 2.45. The van der Waals surface area contributed by atoms with Gasteiger partial charge in [-0.3, -0.25) is 4.89 Å². The van der Waals surface area contributed by atoms with Crippen LogP contribution in [0.4, 0.5) is 4.79 Å². The zero-order valence-corrected chi connectivity index (χ0v) is 23.1. The van der Waals surface area contributed by atoms with E-state index in [-0.39, 0.29) is 28.5 Å². The Morgan fingerprint density at radius 1 is 0.939 bits per heavy atom. The van der Waals surface area contributed by atoms with Crippen molar-refractivity contribution in [3.8, 4) is 0 Å². The predicted molar refractivity (Wildman–Crippen MR) is 130 cm³/mol. The quantitative estimate of drug-likeness (QED) is 0.239. The van der Waals surface area contributed by atoms with E-state index in [1.165, 1.54) is 0 Å². The minimum atomic E-state index is -0.871. The molecule has 1 aliphatic heterocycles. The summed E-state index contributed by atoms with van der Waals surface area (Å²) in [6.45, 7) is 24.1. The smallest absolute Gasteiger partial charge is 0.431 e. The number of carbonyl (C=O) groups is 2. The molecule has 1 rings (SSSR count). The van der Waals surface area contributed by atoms with Crippen LogP contribution in [0, 0.1) is 11.3 Å². The van der Waals surface area contributed by atoms with Gasteiger partial charge in [-0.2, -0.15) is 4.89 Å². The van der Waals surface area contributed by atoms with Gasteiger partial charge in [-0.1, -0.05) is 27.7 Å². The van der Waals surface area contributed by atoms with E-state index in [0.717, 1.165) is 6.42 Å². The van der Waals surface area contributed by atoms with Gasteiger partial charge in [-0.15, -0.1) is 0 Å². The molecule has 0 radical (unpaired) electrons. The predicted octanol–water partition coefficient (Wildman–Crippen LogP) is 6.33. The van der Waals surface area contributed by atoms with Gasteiger partial charge in [0.25, 0.3) is 0 Å². The SMILES string of the molecule is CC(CC(=O)OOC(C)(C)CC(C)(C)OC(=O)OC1CC(C)(C)NC(C)(C)C1)CC(C)(C)C. The van der Waals surface area contributed by atoms with Gasteiger partial charge in [0, 0.05) is 30.3 Å². The Morgan fingerprint density at radius 3 is 1.94 bits per heavy atom. The number of ether oxygens (including phenoxy) is 2. The second kappa shape index (κ2) is 10.5. The molecular formula is C26H49NO6. The van der Waals surface area contributed by atoms with Crippen molar-refractivity contribution in [3.63, 3.8) is 0 Å². The molecule has 0 aromatic heterocycles. The summed E-state index contributed by atoms with van der Waals surface area (Å²) in [6, 6.07) is 0. The van der Waals surface area contributed by atoms with E-state index in [1.54, 1.807) is 27.7 Å². The largest absolute Gasteiger partial charge is 0.509 e. The van der Waals surface area contributed by atoms with Crippen LogP contribution in [-0.2, 0) is 24.0 Å². The summed E-state index contributed by atoms with van der Waals surface area (Å²) in [7, 11) is 0. The summed E-state index contributed by atoms with van der Waals surface area (Å²) in [5, 5.41) is 3.57. The number of piperidine rings is 1. The first-order chi connectivity index (χ1) is 14.6. The molecule has 0 saturated carbocycles. The first kappa shape index (κ1) is 29.7. The van der Waals surface area contributed by atoms with Gasteiger partial charge < -0.3 is 14.8 Å². The zero-order valence-electron chi connectivity index (χ0n) is 23.1. The molecule has 0 amide bonds. The van der Waals surface area contributed by atoms with Crippen molar-refractivity contribution in [1.29, 1.82) is 0 Å². The summed E-state index contributed by atoms with van der Waals surface area (Å²) >= 11 is 0. The molecule has 0 aromatic rings. The van der Waals surface area contributed by atoms with Gasteiger partial charge in [-0.05, 0) is 73.1 Å². The standard InChI is InChI=1S/C26H49NO6/c1-18(14-22(2,3)4)13-20(28)32-33-26(11,12)17-25(9,10)31-21(29)30-19-15-23(5,6)27-24(7,8)16-19/h18-19,27H,13-17H2,1-12H3. The molecule has 7 nitrogen and oxygen atoms in total. The van der Waals surface area contributed by atoms with Crippen molar-refractivity contribution in [2.75, 3.05) is 0 Å². The number of hydrogen-bond donors (Lipinski definition) is 1. The second-order valence-corrected chi connectivity index (χ2v) is 13.7. The maximum atomic E-state index is 12.5. The first-order valence-corrected chi connectivity index (χ1v) is 12.2. The topological polar surface area (TPSA) is 83.1 Å². The summed E-state index contributed by atoms with van der Waals surface area (Å²) in [5.74, 6) is -0.196. The van der Waals surface area contributed by atoms with Crippen LogP contribution in [0.2, 0.25) is 0 Å². The van der Waals surface area contributed by atoms with Gasteiger partial charge in [0.1, 0.15) is 17.3 Å². The van der Waals surface area contributed by atoms with E-state index in [9.17, 15) is 9.59 Å². The van der Waals surface area contributed by atoms with E-state index >= 15 is 0 Å². The highest BCUT2D eigenvalue weighted by Gasteiger charge is 2.41. The Labute approximate surface area is 201 Å². The Hall–Kier alpha value is -1.34. The van der Waals surface area contributed by atoms with Crippen LogP contribution in [-0.4, -0.2) is 40.5 Å². The fraction of sp³-hybridized carbons (Fsp3) is 0.923. The highest BCUT2D eigenvalue weighted by Crippen LogP contribution is 2.32. The zero-order chi connectivity index (χ0) is 25.9. The molecule has 1 atom stereocenters. The van der Waals surface area contributed by atoms with Crippen molar-refractivity contribution in [2.24, 2.45) is 11.3 Å². The molecule has 0 aliphatic carbocycles. The van der Waals surface area contributed by atoms with Crippen LogP contribution in [0.25, 0.3) is 0 Å². The third-order valence-corrected chi connectivity index (χ3v) is 5.46. The molecule has 1 fully saturated rings. The summed E-state index contributed by atoms with van der Waals surface area (Å²) in [5.41, 5.74) is -1.83. The van der Waals surface area contributed by atoms with Gasteiger partial charge in [0.15, 0.2) is 0 Å². The molecule has 0 aromatic carbocycles. The van der Waals surface area contributed by atoms with E-state index in [0.29, 0.717) is 25.7 Å². The molecule has 1 saturated heterocycles. The molecule has 33 heavy (non-hydrogen) atoms. The minimum Gasteiger partial charge on any atom is -0.431 e. The van der Waals surface area contributed by atoms with Gasteiger partial charge in [0.2, 0.25) is 0 Å². The molecule has 7 heteroatoms.